The molecule has 16 heavy (non-hydrogen) atoms. The zero-order chi connectivity index (χ0) is 12.3. The molecule has 0 aliphatic carbocycles. The fourth-order valence-electron chi connectivity index (χ4n) is 1.43. The highest BCUT2D eigenvalue weighted by Gasteiger charge is 2.17. The number of nitrogens with one attached hydrogen (secondary N) is 1. The summed E-state index contributed by atoms with van der Waals surface area (Å²) in [6, 6.07) is 1.46. The number of carbonyl (C=O) groups excluding carboxylic acids is 1. The van der Waals surface area contributed by atoms with Crippen molar-refractivity contribution in [2.24, 2.45) is 12.8 Å². The molecule has 1 amide bonds. The molecule has 1 aromatic heterocycles. The third-order valence-electron chi connectivity index (χ3n) is 2.29. The average molecular weight is 240 g/mol. The quantitative estimate of drug-likeness (QED) is 0.753. The molecule has 0 radical (unpaired) electrons. The number of carbonyl (C=O) groups is 1. The first kappa shape index (κ1) is 12.6. The Morgan fingerprint density at radius 2 is 2.38 bits per heavy atom. The molecule has 88 valence electrons. The summed E-state index contributed by atoms with van der Waals surface area (Å²) in [6.07, 6.45) is 0.678. The van der Waals surface area contributed by atoms with Crippen molar-refractivity contribution < 1.29 is 4.79 Å². The fourth-order valence-corrected chi connectivity index (χ4v) is 1.66. The number of hydrogen-bond acceptors (Lipinski definition) is 3. The molecule has 1 unspecified atom stereocenters. The molecule has 0 spiro atoms. The Morgan fingerprint density at radius 3 is 2.75 bits per heavy atom. The van der Waals surface area contributed by atoms with Crippen LogP contribution in [0.5, 0.6) is 0 Å². The summed E-state index contributed by atoms with van der Waals surface area (Å²) in [4.78, 5) is 12.2. The predicted octanol–water partition coefficient (Wildman–Crippen LogP) is 0.523. The number of amides is 1. The molecule has 0 aromatic carbocycles. The highest BCUT2D eigenvalue weighted by Crippen LogP contribution is 2.03. The van der Waals surface area contributed by atoms with E-state index in [2.05, 4.69) is 10.4 Å². The minimum atomic E-state index is -0.266. The van der Waals surface area contributed by atoms with Gasteiger partial charge in [-0.3, -0.25) is 9.48 Å². The molecular formula is C10H16N4OS. The van der Waals surface area contributed by atoms with E-state index in [1.54, 1.807) is 13.1 Å². The Labute approximate surface area is 100 Å². The number of aryl methyl sites for hydroxylation is 2. The van der Waals surface area contributed by atoms with Gasteiger partial charge in [-0.05, 0) is 19.4 Å². The van der Waals surface area contributed by atoms with E-state index in [4.69, 9.17) is 18.0 Å². The van der Waals surface area contributed by atoms with Crippen LogP contribution >= 0.6 is 12.2 Å². The van der Waals surface area contributed by atoms with Gasteiger partial charge in [0.1, 0.15) is 5.69 Å². The van der Waals surface area contributed by atoms with Crippen LogP contribution in [0.15, 0.2) is 6.07 Å². The van der Waals surface area contributed by atoms with Gasteiger partial charge in [0.05, 0.1) is 16.7 Å². The lowest BCUT2D eigenvalue weighted by Gasteiger charge is -2.14. The summed E-state index contributed by atoms with van der Waals surface area (Å²) in [5.74, 6) is -0.206. The molecule has 1 heterocycles. The third-order valence-corrected chi connectivity index (χ3v) is 2.58. The maximum absolute atomic E-state index is 11.9. The zero-order valence-corrected chi connectivity index (χ0v) is 10.5. The van der Waals surface area contributed by atoms with Gasteiger partial charge in [-0.25, -0.2) is 0 Å². The van der Waals surface area contributed by atoms with E-state index in [0.29, 0.717) is 17.1 Å². The van der Waals surface area contributed by atoms with E-state index in [1.165, 1.54) is 4.68 Å². The van der Waals surface area contributed by atoms with Crippen LogP contribution in [0.25, 0.3) is 0 Å². The molecule has 0 bridgehead atoms. The molecule has 1 atom stereocenters. The molecular weight excluding hydrogens is 224 g/mol. The molecule has 1 rings (SSSR count). The number of nitrogens with two attached hydrogens (primary N) is 1. The van der Waals surface area contributed by atoms with Crippen LogP contribution in [-0.2, 0) is 7.05 Å². The number of rotatable bonds is 4. The second-order valence-electron chi connectivity index (χ2n) is 3.63. The van der Waals surface area contributed by atoms with Gasteiger partial charge in [0.2, 0.25) is 0 Å². The maximum Gasteiger partial charge on any atom is 0.270 e. The smallest absolute Gasteiger partial charge is 0.270 e. The van der Waals surface area contributed by atoms with E-state index >= 15 is 0 Å². The Morgan fingerprint density at radius 1 is 1.75 bits per heavy atom. The van der Waals surface area contributed by atoms with Crippen molar-refractivity contribution in [3.8, 4) is 0 Å². The summed E-state index contributed by atoms with van der Waals surface area (Å²) in [5, 5.41) is 6.87. The molecule has 5 nitrogen and oxygen atoms in total. The van der Waals surface area contributed by atoms with E-state index in [-0.39, 0.29) is 11.9 Å². The molecule has 3 N–H and O–H groups in total. The lowest BCUT2D eigenvalue weighted by Crippen LogP contribution is -2.43. The Bertz CT molecular complexity index is 413. The monoisotopic (exact) mass is 240 g/mol. The topological polar surface area (TPSA) is 72.9 Å². The fraction of sp³-hybridized carbons (Fsp3) is 0.500. The summed E-state index contributed by atoms with van der Waals surface area (Å²) in [7, 11) is 1.73. The molecule has 0 saturated heterocycles. The summed E-state index contributed by atoms with van der Waals surface area (Å²) in [6.45, 7) is 3.75. The van der Waals surface area contributed by atoms with Crippen molar-refractivity contribution in [3.05, 3.63) is 17.5 Å². The van der Waals surface area contributed by atoms with Crippen LogP contribution in [0.1, 0.15) is 29.5 Å². The highest BCUT2D eigenvalue weighted by molar-refractivity contribution is 7.80. The van der Waals surface area contributed by atoms with Gasteiger partial charge in [-0.1, -0.05) is 19.1 Å². The van der Waals surface area contributed by atoms with Crippen LogP contribution in [0.3, 0.4) is 0 Å². The van der Waals surface area contributed by atoms with Gasteiger partial charge >= 0.3 is 0 Å². The number of thiocarbonyl (C=S) groups is 1. The standard InChI is InChI=1S/C10H16N4OS/c1-4-7(9(11)16)12-10(15)8-5-6(2)13-14(8)3/h5,7H,4H2,1-3H3,(H2,11,16)(H,12,15). The van der Waals surface area contributed by atoms with E-state index in [1.807, 2.05) is 13.8 Å². The molecule has 0 fully saturated rings. The Balaban J connectivity index is 2.79. The number of hydrogen-bond donors (Lipinski definition) is 2. The number of aromatic nitrogens is 2. The van der Waals surface area contributed by atoms with E-state index in [0.717, 1.165) is 5.69 Å². The van der Waals surface area contributed by atoms with Crippen molar-refractivity contribution >= 4 is 23.1 Å². The third kappa shape index (κ3) is 2.79. The van der Waals surface area contributed by atoms with Crippen LogP contribution in [0.4, 0.5) is 0 Å². The van der Waals surface area contributed by atoms with Gasteiger partial charge in [0.25, 0.3) is 5.91 Å². The predicted molar refractivity (Wildman–Crippen MR) is 66.3 cm³/mol. The Kier molecular flexibility index (Phi) is 4.00. The summed E-state index contributed by atoms with van der Waals surface area (Å²) >= 11 is 4.86. The first-order valence-electron chi connectivity index (χ1n) is 5.06. The summed E-state index contributed by atoms with van der Waals surface area (Å²) in [5.41, 5.74) is 6.82. The molecule has 6 heteroatoms. The van der Waals surface area contributed by atoms with Crippen LogP contribution < -0.4 is 11.1 Å². The van der Waals surface area contributed by atoms with Crippen LogP contribution in [-0.4, -0.2) is 26.7 Å². The summed E-state index contributed by atoms with van der Waals surface area (Å²) < 4.78 is 1.54. The molecule has 0 aliphatic heterocycles. The maximum atomic E-state index is 11.9. The van der Waals surface area contributed by atoms with E-state index < -0.39 is 0 Å². The first-order valence-corrected chi connectivity index (χ1v) is 5.47. The normalized spacial score (nSPS) is 12.2. The van der Waals surface area contributed by atoms with Crippen molar-refractivity contribution in [1.29, 1.82) is 0 Å². The van der Waals surface area contributed by atoms with Crippen LogP contribution in [0.2, 0.25) is 0 Å². The van der Waals surface area contributed by atoms with E-state index in [9.17, 15) is 4.79 Å². The second-order valence-corrected chi connectivity index (χ2v) is 4.10. The van der Waals surface area contributed by atoms with Gasteiger partial charge in [0.15, 0.2) is 0 Å². The molecule has 0 saturated carbocycles. The zero-order valence-electron chi connectivity index (χ0n) is 9.65. The minimum Gasteiger partial charge on any atom is -0.392 e. The highest BCUT2D eigenvalue weighted by atomic mass is 32.1. The van der Waals surface area contributed by atoms with Crippen molar-refractivity contribution in [3.63, 3.8) is 0 Å². The minimum absolute atomic E-state index is 0.206. The SMILES string of the molecule is CCC(NC(=O)c1cc(C)nn1C)C(N)=S. The van der Waals surface area contributed by atoms with Crippen molar-refractivity contribution in [2.45, 2.75) is 26.3 Å². The first-order chi connectivity index (χ1) is 7.45. The lowest BCUT2D eigenvalue weighted by atomic mass is 10.2. The van der Waals surface area contributed by atoms with Gasteiger partial charge in [-0.2, -0.15) is 5.10 Å². The van der Waals surface area contributed by atoms with Crippen molar-refractivity contribution in [2.75, 3.05) is 0 Å². The Hall–Kier alpha value is -1.43. The van der Waals surface area contributed by atoms with Crippen molar-refractivity contribution in [1.82, 2.24) is 15.1 Å². The molecule has 0 aliphatic rings. The largest absolute Gasteiger partial charge is 0.392 e. The second kappa shape index (κ2) is 5.07. The van der Waals surface area contributed by atoms with Gasteiger partial charge in [-0.15, -0.1) is 0 Å². The lowest BCUT2D eigenvalue weighted by molar-refractivity contribution is 0.0937. The molecule has 1 aromatic rings. The van der Waals surface area contributed by atoms with Crippen LogP contribution in [0, 0.1) is 6.92 Å². The van der Waals surface area contributed by atoms with Gasteiger partial charge in [0, 0.05) is 7.05 Å². The number of nitrogens with zero attached hydrogens (tertiary/aromatic N) is 2. The van der Waals surface area contributed by atoms with Gasteiger partial charge < -0.3 is 11.1 Å². The average Bonchev–Trinajstić information content (AvgIpc) is 2.53.